The number of hydrogen-bond donors (Lipinski definition) is 0. The largest absolute Gasteiger partial charge is 0.462 e. The number of rotatable bonds is 8. The first kappa shape index (κ1) is 20.8. The Morgan fingerprint density at radius 3 is 2.69 bits per heavy atom. The fourth-order valence-electron chi connectivity index (χ4n) is 2.16. The van der Waals surface area contributed by atoms with Gasteiger partial charge in [-0.15, -0.1) is 0 Å². The number of hydrogen-bond acceptors (Lipinski definition) is 5. The summed E-state index contributed by atoms with van der Waals surface area (Å²) in [5.74, 6) is -1.08. The Morgan fingerprint density at radius 1 is 1.31 bits per heavy atom. The number of pyridine rings is 1. The molecule has 0 aliphatic carbocycles. The highest BCUT2D eigenvalue weighted by Crippen LogP contribution is 2.28. The van der Waals surface area contributed by atoms with Crippen LogP contribution in [0, 0.1) is 5.82 Å². The zero-order chi connectivity index (χ0) is 19.3. The molecule has 1 heterocycles. The first-order chi connectivity index (χ1) is 12.2. The molecule has 0 unspecified atom stereocenters. The number of benzene rings is 1. The lowest BCUT2D eigenvalue weighted by molar-refractivity contribution is 0.0178. The standard InChI is InChI=1S/C18H23BrFNO4Si/c1-5-24-18(22)13-10-12-6-7-14(19)15(20)16(12)21-17(13)25-11-23-8-9-26(2,3)4/h6-7,10H,5,8-9,11H2,1-4H3. The van der Waals surface area contributed by atoms with Crippen LogP contribution in [0.25, 0.3) is 10.9 Å². The van der Waals surface area contributed by atoms with Crippen LogP contribution in [0.3, 0.4) is 0 Å². The van der Waals surface area contributed by atoms with Gasteiger partial charge < -0.3 is 14.2 Å². The minimum atomic E-state index is -1.20. The van der Waals surface area contributed by atoms with Crippen LogP contribution in [-0.4, -0.2) is 39.0 Å². The number of esters is 1. The summed E-state index contributed by atoms with van der Waals surface area (Å²) in [6, 6.07) is 5.75. The molecule has 0 saturated heterocycles. The highest BCUT2D eigenvalue weighted by molar-refractivity contribution is 9.10. The summed E-state index contributed by atoms with van der Waals surface area (Å²) in [6.45, 7) is 9.19. The van der Waals surface area contributed by atoms with Gasteiger partial charge in [-0.3, -0.25) is 0 Å². The van der Waals surface area contributed by atoms with Crippen molar-refractivity contribution in [3.63, 3.8) is 0 Å². The highest BCUT2D eigenvalue weighted by Gasteiger charge is 2.19. The molecule has 2 aromatic rings. The van der Waals surface area contributed by atoms with Gasteiger partial charge in [-0.1, -0.05) is 25.7 Å². The molecule has 5 nitrogen and oxygen atoms in total. The summed E-state index contributed by atoms with van der Waals surface area (Å²) in [4.78, 5) is 16.4. The summed E-state index contributed by atoms with van der Waals surface area (Å²) in [5, 5.41) is 0.487. The number of carbonyl (C=O) groups is 1. The van der Waals surface area contributed by atoms with Crippen molar-refractivity contribution < 1.29 is 23.4 Å². The summed E-state index contributed by atoms with van der Waals surface area (Å²) < 4.78 is 30.7. The van der Waals surface area contributed by atoms with E-state index in [4.69, 9.17) is 14.2 Å². The average molecular weight is 444 g/mol. The van der Waals surface area contributed by atoms with Gasteiger partial charge in [0.05, 0.1) is 11.1 Å². The monoisotopic (exact) mass is 443 g/mol. The van der Waals surface area contributed by atoms with Crippen molar-refractivity contribution >= 4 is 40.9 Å². The van der Waals surface area contributed by atoms with E-state index in [1.807, 2.05) is 0 Å². The molecule has 0 N–H and O–H groups in total. The SMILES string of the molecule is CCOC(=O)c1cc2ccc(Br)c(F)c2nc1OCOCC[Si](C)(C)C. The van der Waals surface area contributed by atoms with Gasteiger partial charge in [0.2, 0.25) is 5.88 Å². The van der Waals surface area contributed by atoms with Crippen LogP contribution in [0.15, 0.2) is 22.7 Å². The Hall–Kier alpha value is -1.51. The number of nitrogens with zero attached hydrogens (tertiary/aromatic N) is 1. The first-order valence-corrected chi connectivity index (χ1v) is 12.9. The lowest BCUT2D eigenvalue weighted by Crippen LogP contribution is -2.22. The molecule has 0 saturated carbocycles. The van der Waals surface area contributed by atoms with Crippen molar-refractivity contribution in [2.45, 2.75) is 32.6 Å². The van der Waals surface area contributed by atoms with Crippen LogP contribution >= 0.6 is 15.9 Å². The number of aromatic nitrogens is 1. The third-order valence-corrected chi connectivity index (χ3v) is 5.93. The van der Waals surface area contributed by atoms with Crippen LogP contribution in [0.5, 0.6) is 5.88 Å². The summed E-state index contributed by atoms with van der Waals surface area (Å²) in [6.07, 6.45) is 0. The van der Waals surface area contributed by atoms with Crippen molar-refractivity contribution in [1.29, 1.82) is 0 Å². The topological polar surface area (TPSA) is 57.7 Å². The van der Waals surface area contributed by atoms with Crippen LogP contribution in [-0.2, 0) is 9.47 Å². The third kappa shape index (κ3) is 5.49. The van der Waals surface area contributed by atoms with E-state index in [2.05, 4.69) is 40.6 Å². The van der Waals surface area contributed by atoms with E-state index >= 15 is 0 Å². The lowest BCUT2D eigenvalue weighted by Gasteiger charge is -2.16. The summed E-state index contributed by atoms with van der Waals surface area (Å²) in [5.41, 5.74) is 0.263. The maximum atomic E-state index is 14.3. The smallest absolute Gasteiger partial charge is 0.343 e. The quantitative estimate of drug-likeness (QED) is 0.248. The minimum absolute atomic E-state index is 0.000883. The third-order valence-electron chi connectivity index (χ3n) is 3.61. The van der Waals surface area contributed by atoms with Gasteiger partial charge in [-0.25, -0.2) is 14.2 Å². The van der Waals surface area contributed by atoms with Gasteiger partial charge in [-0.2, -0.15) is 0 Å². The van der Waals surface area contributed by atoms with E-state index in [1.54, 1.807) is 19.1 Å². The molecule has 0 fully saturated rings. The van der Waals surface area contributed by atoms with Gasteiger partial charge in [0.15, 0.2) is 12.6 Å². The summed E-state index contributed by atoms with van der Waals surface area (Å²) >= 11 is 3.14. The summed E-state index contributed by atoms with van der Waals surface area (Å²) in [7, 11) is -1.20. The molecular weight excluding hydrogens is 421 g/mol. The normalized spacial score (nSPS) is 11.6. The van der Waals surface area contributed by atoms with E-state index in [9.17, 15) is 9.18 Å². The fourth-order valence-corrected chi connectivity index (χ4v) is 3.24. The van der Waals surface area contributed by atoms with Gasteiger partial charge in [0, 0.05) is 20.1 Å². The Kier molecular flexibility index (Phi) is 7.13. The molecule has 1 aromatic carbocycles. The second-order valence-corrected chi connectivity index (χ2v) is 13.5. The zero-order valence-electron chi connectivity index (χ0n) is 15.4. The molecule has 8 heteroatoms. The Balaban J connectivity index is 2.24. The first-order valence-electron chi connectivity index (χ1n) is 8.39. The Labute approximate surface area is 162 Å². The Bertz CT molecular complexity index is 795. The molecule has 0 atom stereocenters. The van der Waals surface area contributed by atoms with E-state index in [-0.39, 0.29) is 30.4 Å². The van der Waals surface area contributed by atoms with Gasteiger partial charge in [0.1, 0.15) is 11.1 Å². The van der Waals surface area contributed by atoms with E-state index in [1.165, 1.54) is 6.07 Å². The van der Waals surface area contributed by atoms with E-state index in [0.29, 0.717) is 16.5 Å². The predicted octanol–water partition coefficient (Wildman–Crippen LogP) is 5.00. The number of fused-ring (bicyclic) bond motifs is 1. The zero-order valence-corrected chi connectivity index (χ0v) is 18.0. The van der Waals surface area contributed by atoms with Crippen molar-refractivity contribution in [2.75, 3.05) is 20.0 Å². The minimum Gasteiger partial charge on any atom is -0.462 e. The molecule has 0 radical (unpaired) electrons. The van der Waals surface area contributed by atoms with Crippen LogP contribution in [0.4, 0.5) is 4.39 Å². The molecule has 0 aliphatic heterocycles. The molecule has 26 heavy (non-hydrogen) atoms. The fraction of sp³-hybridized carbons (Fsp3) is 0.444. The maximum absolute atomic E-state index is 14.3. The number of carbonyl (C=O) groups excluding carboxylic acids is 1. The van der Waals surface area contributed by atoms with Crippen LogP contribution in [0.1, 0.15) is 17.3 Å². The molecule has 0 bridgehead atoms. The Morgan fingerprint density at radius 2 is 2.04 bits per heavy atom. The predicted molar refractivity (Wildman–Crippen MR) is 105 cm³/mol. The maximum Gasteiger partial charge on any atom is 0.343 e. The lowest BCUT2D eigenvalue weighted by atomic mass is 10.1. The van der Waals surface area contributed by atoms with Crippen molar-refractivity contribution in [1.82, 2.24) is 4.98 Å². The molecular formula is C18H23BrFNO4Si. The average Bonchev–Trinajstić information content (AvgIpc) is 2.57. The number of halogens is 2. The van der Waals surface area contributed by atoms with E-state index < -0.39 is 19.9 Å². The van der Waals surface area contributed by atoms with Gasteiger partial charge in [-0.05, 0) is 41.0 Å². The van der Waals surface area contributed by atoms with Gasteiger partial charge >= 0.3 is 5.97 Å². The molecule has 1 aromatic heterocycles. The van der Waals surface area contributed by atoms with E-state index in [0.717, 1.165) is 6.04 Å². The van der Waals surface area contributed by atoms with Crippen molar-refractivity contribution in [2.24, 2.45) is 0 Å². The van der Waals surface area contributed by atoms with Crippen molar-refractivity contribution in [3.8, 4) is 5.88 Å². The van der Waals surface area contributed by atoms with Crippen LogP contribution in [0.2, 0.25) is 25.7 Å². The second-order valence-electron chi connectivity index (χ2n) is 6.98. The molecule has 0 spiro atoms. The molecule has 2 rings (SSSR count). The molecule has 0 aliphatic rings. The van der Waals surface area contributed by atoms with Crippen LogP contribution < -0.4 is 4.74 Å². The highest BCUT2D eigenvalue weighted by atomic mass is 79.9. The molecule has 142 valence electrons. The van der Waals surface area contributed by atoms with Crippen molar-refractivity contribution in [3.05, 3.63) is 34.1 Å². The second kappa shape index (κ2) is 8.92. The van der Waals surface area contributed by atoms with Gasteiger partial charge in [0.25, 0.3) is 0 Å². The number of ether oxygens (including phenoxy) is 3. The molecule has 0 amide bonds.